The van der Waals surface area contributed by atoms with Crippen LogP contribution < -0.4 is 10.1 Å². The molecular weight excluding hydrogens is 388 g/mol. The van der Waals surface area contributed by atoms with Crippen LogP contribution in [0.25, 0.3) is 5.57 Å². The number of aromatic nitrogens is 2. The van der Waals surface area contributed by atoms with Crippen LogP contribution in [0.5, 0.6) is 5.75 Å². The summed E-state index contributed by atoms with van der Waals surface area (Å²) in [7, 11) is 0. The lowest BCUT2D eigenvalue weighted by molar-refractivity contribution is 0.101. The number of rotatable bonds is 3. The Morgan fingerprint density at radius 2 is 1.80 bits per heavy atom. The largest absolute Gasteiger partial charge is 0.483 e. The molecule has 2 aromatic carbocycles. The molecule has 152 valence electrons. The predicted octanol–water partition coefficient (Wildman–Crippen LogP) is 4.92. The summed E-state index contributed by atoms with van der Waals surface area (Å²) in [5.74, 6) is -1.98. The van der Waals surface area contributed by atoms with Gasteiger partial charge in [0.1, 0.15) is 28.5 Å². The minimum atomic E-state index is -0.946. The van der Waals surface area contributed by atoms with Crippen molar-refractivity contribution < 1.29 is 18.3 Å². The molecule has 0 aliphatic carbocycles. The zero-order valence-electron chi connectivity index (χ0n) is 16.7. The van der Waals surface area contributed by atoms with Crippen molar-refractivity contribution in [3.63, 3.8) is 0 Å². The molecule has 0 spiro atoms. The Bertz CT molecular complexity index is 1150. The maximum atomic E-state index is 13.8. The molecule has 4 rings (SSSR count). The van der Waals surface area contributed by atoms with Crippen LogP contribution in [-0.2, 0) is 0 Å². The third-order valence-electron chi connectivity index (χ3n) is 4.65. The molecule has 0 bridgehead atoms. The van der Waals surface area contributed by atoms with Gasteiger partial charge in [0, 0.05) is 11.1 Å². The minimum absolute atomic E-state index is 0.0856. The van der Waals surface area contributed by atoms with E-state index in [1.807, 2.05) is 45.0 Å². The predicted molar refractivity (Wildman–Crippen MR) is 109 cm³/mol. The SMILES string of the molecule is Cc1ccc2c(c1)OC(C)(C)C=C2c1cnc(NC(=O)c2c(F)cccc2F)cn1. The van der Waals surface area contributed by atoms with E-state index in [9.17, 15) is 13.6 Å². The lowest BCUT2D eigenvalue weighted by Crippen LogP contribution is -2.29. The van der Waals surface area contributed by atoms with Crippen LogP contribution in [0.4, 0.5) is 14.6 Å². The Hall–Kier alpha value is -3.61. The van der Waals surface area contributed by atoms with E-state index in [0.717, 1.165) is 34.6 Å². The third kappa shape index (κ3) is 3.78. The molecule has 0 atom stereocenters. The van der Waals surface area contributed by atoms with Gasteiger partial charge in [-0.25, -0.2) is 13.8 Å². The Labute approximate surface area is 172 Å². The van der Waals surface area contributed by atoms with Crippen molar-refractivity contribution >= 4 is 17.3 Å². The van der Waals surface area contributed by atoms with Crippen LogP contribution in [0.2, 0.25) is 0 Å². The molecule has 0 fully saturated rings. The zero-order valence-corrected chi connectivity index (χ0v) is 16.7. The van der Waals surface area contributed by atoms with Crippen molar-refractivity contribution in [3.8, 4) is 5.75 Å². The Kier molecular flexibility index (Phi) is 4.81. The summed E-state index contributed by atoms with van der Waals surface area (Å²) in [6.07, 6.45) is 4.81. The first-order chi connectivity index (χ1) is 14.2. The van der Waals surface area contributed by atoms with Gasteiger partial charge in [0.05, 0.1) is 18.1 Å². The fraction of sp³-hybridized carbons (Fsp3) is 0.174. The second kappa shape index (κ2) is 7.33. The number of fused-ring (bicyclic) bond motifs is 1. The number of carbonyl (C=O) groups excluding carboxylic acids is 1. The molecule has 0 saturated heterocycles. The van der Waals surface area contributed by atoms with Crippen LogP contribution in [0, 0.1) is 18.6 Å². The molecule has 0 unspecified atom stereocenters. The number of amides is 1. The van der Waals surface area contributed by atoms with Crippen molar-refractivity contribution in [1.82, 2.24) is 9.97 Å². The van der Waals surface area contributed by atoms with E-state index < -0.39 is 28.7 Å². The van der Waals surface area contributed by atoms with Crippen LogP contribution >= 0.6 is 0 Å². The van der Waals surface area contributed by atoms with E-state index in [1.54, 1.807) is 0 Å². The topological polar surface area (TPSA) is 64.1 Å². The average Bonchev–Trinajstić information content (AvgIpc) is 2.67. The Morgan fingerprint density at radius 3 is 2.47 bits per heavy atom. The van der Waals surface area contributed by atoms with Gasteiger partial charge in [0.15, 0.2) is 5.82 Å². The van der Waals surface area contributed by atoms with Crippen LogP contribution in [0.15, 0.2) is 54.9 Å². The zero-order chi connectivity index (χ0) is 21.5. The molecule has 30 heavy (non-hydrogen) atoms. The highest BCUT2D eigenvalue weighted by atomic mass is 19.1. The lowest BCUT2D eigenvalue weighted by atomic mass is 9.92. The molecular formula is C23H19F2N3O2. The number of nitrogens with zero attached hydrogens (tertiary/aromatic N) is 2. The van der Waals surface area contributed by atoms with E-state index in [4.69, 9.17) is 4.74 Å². The molecule has 1 aliphatic rings. The van der Waals surface area contributed by atoms with Crippen molar-refractivity contribution in [1.29, 1.82) is 0 Å². The molecule has 1 N–H and O–H groups in total. The smallest absolute Gasteiger partial charge is 0.262 e. The highest BCUT2D eigenvalue weighted by Crippen LogP contribution is 2.39. The molecule has 2 heterocycles. The van der Waals surface area contributed by atoms with E-state index >= 15 is 0 Å². The molecule has 5 nitrogen and oxygen atoms in total. The second-order valence-electron chi connectivity index (χ2n) is 7.60. The second-order valence-corrected chi connectivity index (χ2v) is 7.60. The highest BCUT2D eigenvalue weighted by molar-refractivity contribution is 6.04. The van der Waals surface area contributed by atoms with E-state index in [2.05, 4.69) is 15.3 Å². The number of anilines is 1. The molecule has 3 aromatic rings. The summed E-state index contributed by atoms with van der Waals surface area (Å²) < 4.78 is 33.6. The van der Waals surface area contributed by atoms with Crippen LogP contribution in [-0.4, -0.2) is 21.5 Å². The number of ether oxygens (including phenoxy) is 1. The van der Waals surface area contributed by atoms with Gasteiger partial charge in [-0.1, -0.05) is 18.2 Å². The summed E-state index contributed by atoms with van der Waals surface area (Å²) in [6, 6.07) is 9.15. The van der Waals surface area contributed by atoms with E-state index in [0.29, 0.717) is 5.69 Å². The maximum absolute atomic E-state index is 13.8. The normalized spacial score (nSPS) is 14.4. The number of hydrogen-bond acceptors (Lipinski definition) is 4. The summed E-state index contributed by atoms with van der Waals surface area (Å²) in [5, 5.41) is 2.38. The fourth-order valence-corrected chi connectivity index (χ4v) is 3.31. The Morgan fingerprint density at radius 1 is 1.07 bits per heavy atom. The number of aryl methyl sites for hydroxylation is 1. The number of hydrogen-bond donors (Lipinski definition) is 1. The summed E-state index contributed by atoms with van der Waals surface area (Å²) in [6.45, 7) is 5.89. The van der Waals surface area contributed by atoms with Gasteiger partial charge in [-0.15, -0.1) is 0 Å². The minimum Gasteiger partial charge on any atom is -0.483 e. The van der Waals surface area contributed by atoms with Crippen LogP contribution in [0.3, 0.4) is 0 Å². The fourth-order valence-electron chi connectivity index (χ4n) is 3.31. The molecule has 1 amide bonds. The van der Waals surface area contributed by atoms with Crippen LogP contribution in [0.1, 0.15) is 41.0 Å². The van der Waals surface area contributed by atoms with Gasteiger partial charge in [0.25, 0.3) is 5.91 Å². The first-order valence-electron chi connectivity index (χ1n) is 9.34. The summed E-state index contributed by atoms with van der Waals surface area (Å²) in [4.78, 5) is 20.8. The standard InChI is InChI=1S/C23H19F2N3O2/c1-13-7-8-14-15(10-23(2,3)30-19(14)9-13)18-11-27-20(12-26-18)28-22(29)21-16(24)5-4-6-17(21)25/h4-12H,1-3H3,(H,27,28,29). The molecule has 7 heteroatoms. The van der Waals surface area contributed by atoms with E-state index in [-0.39, 0.29) is 5.82 Å². The molecule has 1 aliphatic heterocycles. The molecule has 0 radical (unpaired) electrons. The van der Waals surface area contributed by atoms with Crippen molar-refractivity contribution in [2.24, 2.45) is 0 Å². The van der Waals surface area contributed by atoms with Gasteiger partial charge < -0.3 is 10.1 Å². The van der Waals surface area contributed by atoms with E-state index in [1.165, 1.54) is 18.5 Å². The average molecular weight is 407 g/mol. The molecule has 0 saturated carbocycles. The summed E-state index contributed by atoms with van der Waals surface area (Å²) in [5.41, 5.74) is 2.21. The van der Waals surface area contributed by atoms with Crippen molar-refractivity contribution in [2.45, 2.75) is 26.4 Å². The van der Waals surface area contributed by atoms with Crippen molar-refractivity contribution in [2.75, 3.05) is 5.32 Å². The third-order valence-corrected chi connectivity index (χ3v) is 4.65. The van der Waals surface area contributed by atoms with Gasteiger partial charge in [-0.3, -0.25) is 9.78 Å². The first kappa shape index (κ1) is 19.7. The number of carbonyl (C=O) groups is 1. The van der Waals surface area contributed by atoms with Crippen molar-refractivity contribution in [3.05, 3.63) is 88.9 Å². The number of halogens is 2. The maximum Gasteiger partial charge on any atom is 0.262 e. The first-order valence-corrected chi connectivity index (χ1v) is 9.34. The Balaban J connectivity index is 1.63. The van der Waals surface area contributed by atoms with Gasteiger partial charge in [-0.05, 0) is 50.6 Å². The molecule has 1 aromatic heterocycles. The monoisotopic (exact) mass is 407 g/mol. The lowest BCUT2D eigenvalue weighted by Gasteiger charge is -2.31. The van der Waals surface area contributed by atoms with Gasteiger partial charge in [-0.2, -0.15) is 0 Å². The number of benzene rings is 2. The quantitative estimate of drug-likeness (QED) is 0.670. The number of nitrogens with one attached hydrogen (secondary N) is 1. The van der Waals surface area contributed by atoms with Gasteiger partial charge >= 0.3 is 0 Å². The van der Waals surface area contributed by atoms with Gasteiger partial charge in [0.2, 0.25) is 0 Å². The summed E-state index contributed by atoms with van der Waals surface area (Å²) >= 11 is 0. The highest BCUT2D eigenvalue weighted by Gasteiger charge is 2.28.